The molecule has 7 nitrogen and oxygen atoms in total. The average molecular weight is 408 g/mol. The number of aliphatic carboxylic acids is 2. The van der Waals surface area contributed by atoms with Crippen molar-refractivity contribution in [1.82, 2.24) is 9.88 Å². The summed E-state index contributed by atoms with van der Waals surface area (Å²) < 4.78 is 0. The Balaban J connectivity index is 0.000000226. The molecule has 3 aliphatic heterocycles. The quantitative estimate of drug-likeness (QED) is 0.753. The molecule has 2 bridgehead atoms. The molecule has 0 spiro atoms. The Morgan fingerprint density at radius 2 is 1.78 bits per heavy atom. The Morgan fingerprint density at radius 3 is 2.37 bits per heavy atom. The van der Waals surface area contributed by atoms with Gasteiger partial charge in [-0.05, 0) is 24.3 Å². The minimum Gasteiger partial charge on any atom is -0.478 e. The smallest absolute Gasteiger partial charge is 0.328 e. The predicted octanol–water partition coefficient (Wildman–Crippen LogP) is 2.87. The maximum absolute atomic E-state index is 9.55. The molecule has 0 aromatic carbocycles. The zero-order valence-electron chi connectivity index (χ0n) is 14.7. The number of piperidine rings is 1. The number of carboxylic acids is 2. The van der Waals surface area contributed by atoms with Crippen LogP contribution in [0.5, 0.6) is 0 Å². The van der Waals surface area contributed by atoms with E-state index in [2.05, 4.69) is 32.3 Å². The molecule has 3 fully saturated rings. The van der Waals surface area contributed by atoms with Crippen molar-refractivity contribution in [2.45, 2.75) is 18.9 Å². The maximum Gasteiger partial charge on any atom is 0.328 e. The van der Waals surface area contributed by atoms with Gasteiger partial charge in [-0.2, -0.15) is 0 Å². The molecule has 3 saturated heterocycles. The van der Waals surface area contributed by atoms with Gasteiger partial charge in [-0.25, -0.2) is 14.6 Å². The van der Waals surface area contributed by atoms with Gasteiger partial charge in [-0.3, -0.25) is 0 Å². The number of aromatic nitrogens is 1. The van der Waals surface area contributed by atoms with Crippen LogP contribution < -0.4 is 4.90 Å². The van der Waals surface area contributed by atoms with E-state index >= 15 is 0 Å². The van der Waals surface area contributed by atoms with Gasteiger partial charge in [0.2, 0.25) is 0 Å². The SMILES string of the molecule is O=C(O)/C=C/C(=O)O.c1csc(-c2cnc(N3CCN4CCC3CC4)s2)c1. The Kier molecular flexibility index (Phi) is 6.59. The van der Waals surface area contributed by atoms with Gasteiger partial charge < -0.3 is 20.0 Å². The first-order valence-electron chi connectivity index (χ1n) is 8.65. The Hall–Kier alpha value is -2.23. The van der Waals surface area contributed by atoms with Crippen molar-refractivity contribution in [1.29, 1.82) is 0 Å². The van der Waals surface area contributed by atoms with Crippen LogP contribution in [0.25, 0.3) is 9.75 Å². The van der Waals surface area contributed by atoms with E-state index in [9.17, 15) is 9.59 Å². The normalized spacial score (nSPS) is 21.6. The molecule has 144 valence electrons. The number of carboxylic acid groups (broad SMARTS) is 2. The number of thiazole rings is 1. The first-order chi connectivity index (χ1) is 13.0. The molecule has 0 radical (unpaired) electrons. The van der Waals surface area contributed by atoms with Crippen molar-refractivity contribution in [2.75, 3.05) is 31.1 Å². The minimum atomic E-state index is -1.26. The van der Waals surface area contributed by atoms with Crippen LogP contribution in [0.15, 0.2) is 35.9 Å². The first-order valence-corrected chi connectivity index (χ1v) is 10.3. The van der Waals surface area contributed by atoms with Crippen LogP contribution in [0, 0.1) is 0 Å². The summed E-state index contributed by atoms with van der Waals surface area (Å²) in [5, 5.41) is 19.0. The number of anilines is 1. The van der Waals surface area contributed by atoms with Gasteiger partial charge in [0.05, 0.1) is 4.88 Å². The molecule has 27 heavy (non-hydrogen) atoms. The van der Waals surface area contributed by atoms with Crippen molar-refractivity contribution in [3.8, 4) is 9.75 Å². The van der Waals surface area contributed by atoms with Crippen LogP contribution in [0.2, 0.25) is 0 Å². The fourth-order valence-corrected chi connectivity index (χ4v) is 5.04. The van der Waals surface area contributed by atoms with Crippen molar-refractivity contribution in [3.63, 3.8) is 0 Å². The molecular formula is C18H21N3O4S2. The van der Waals surface area contributed by atoms with Gasteiger partial charge in [-0.15, -0.1) is 11.3 Å². The maximum atomic E-state index is 9.55. The lowest BCUT2D eigenvalue weighted by Crippen LogP contribution is -2.37. The molecule has 0 unspecified atom stereocenters. The van der Waals surface area contributed by atoms with E-state index in [0.29, 0.717) is 18.2 Å². The summed E-state index contributed by atoms with van der Waals surface area (Å²) in [7, 11) is 0. The van der Waals surface area contributed by atoms with Crippen molar-refractivity contribution in [2.24, 2.45) is 0 Å². The lowest BCUT2D eigenvalue weighted by Gasteiger charge is -2.31. The second-order valence-corrected chi connectivity index (χ2v) is 8.22. The van der Waals surface area contributed by atoms with E-state index in [-0.39, 0.29) is 0 Å². The van der Waals surface area contributed by atoms with Gasteiger partial charge in [0.1, 0.15) is 0 Å². The van der Waals surface area contributed by atoms with Crippen molar-refractivity contribution < 1.29 is 19.8 Å². The number of rotatable bonds is 4. The highest BCUT2D eigenvalue weighted by Gasteiger charge is 2.30. The molecular weight excluding hydrogens is 386 g/mol. The average Bonchev–Trinajstić information content (AvgIpc) is 3.27. The summed E-state index contributed by atoms with van der Waals surface area (Å²) >= 11 is 3.65. The third kappa shape index (κ3) is 5.38. The number of fused-ring (bicyclic) bond motifs is 4. The fraction of sp³-hybridized carbons (Fsp3) is 0.389. The van der Waals surface area contributed by atoms with Gasteiger partial charge in [0.25, 0.3) is 0 Å². The summed E-state index contributed by atoms with van der Waals surface area (Å²) in [6.07, 6.45) is 5.76. The number of thiophene rings is 1. The Morgan fingerprint density at radius 1 is 1.07 bits per heavy atom. The highest BCUT2D eigenvalue weighted by atomic mass is 32.1. The number of nitrogens with zero attached hydrogens (tertiary/aromatic N) is 3. The van der Waals surface area contributed by atoms with Crippen LogP contribution >= 0.6 is 22.7 Å². The summed E-state index contributed by atoms with van der Waals surface area (Å²) in [6.45, 7) is 4.88. The molecule has 9 heteroatoms. The number of carbonyl (C=O) groups is 2. The van der Waals surface area contributed by atoms with Crippen LogP contribution in [0.1, 0.15) is 12.8 Å². The lowest BCUT2D eigenvalue weighted by molar-refractivity contribution is -0.134. The standard InChI is InChI=1S/C14H17N3S2.C4H4O4/c1-2-12(18-9-1)13-10-15-14(19-13)17-8-7-16-5-3-11(17)4-6-16;5-3(6)1-2-4(7)8/h1-2,9-11H,3-8H2;1-2H,(H,5,6)(H,7,8)/b;2-1+. The third-order valence-corrected chi connectivity index (χ3v) is 6.63. The second kappa shape index (κ2) is 9.12. The summed E-state index contributed by atoms with van der Waals surface area (Å²) in [5.41, 5.74) is 0. The van der Waals surface area contributed by atoms with Crippen LogP contribution in [0.3, 0.4) is 0 Å². The first kappa shape index (κ1) is 19.5. The highest BCUT2D eigenvalue weighted by molar-refractivity contribution is 7.23. The van der Waals surface area contributed by atoms with Crippen LogP contribution in [0.4, 0.5) is 5.13 Å². The number of hydrogen-bond acceptors (Lipinski definition) is 7. The monoisotopic (exact) mass is 407 g/mol. The van der Waals surface area contributed by atoms with Gasteiger partial charge in [-0.1, -0.05) is 17.4 Å². The van der Waals surface area contributed by atoms with E-state index in [1.165, 1.54) is 47.4 Å². The molecule has 0 atom stereocenters. The Labute approximate surface area is 165 Å². The third-order valence-electron chi connectivity index (χ3n) is 4.53. The van der Waals surface area contributed by atoms with Crippen molar-refractivity contribution >= 4 is 39.7 Å². The molecule has 2 N–H and O–H groups in total. The molecule has 5 heterocycles. The minimum absolute atomic E-state index is 0.558. The van der Waals surface area contributed by atoms with E-state index < -0.39 is 11.9 Å². The zero-order chi connectivity index (χ0) is 19.2. The summed E-state index contributed by atoms with van der Waals surface area (Å²) in [4.78, 5) is 31.6. The van der Waals surface area contributed by atoms with E-state index in [1.807, 2.05) is 17.5 Å². The highest BCUT2D eigenvalue weighted by Crippen LogP contribution is 2.36. The van der Waals surface area contributed by atoms with Crippen LogP contribution in [-0.4, -0.2) is 64.3 Å². The van der Waals surface area contributed by atoms with E-state index in [0.717, 1.165) is 6.54 Å². The largest absolute Gasteiger partial charge is 0.478 e. The van der Waals surface area contributed by atoms with Gasteiger partial charge in [0.15, 0.2) is 5.13 Å². The zero-order valence-corrected chi connectivity index (χ0v) is 16.3. The topological polar surface area (TPSA) is 94.0 Å². The second-order valence-electron chi connectivity index (χ2n) is 6.26. The van der Waals surface area contributed by atoms with E-state index in [1.54, 1.807) is 11.3 Å². The van der Waals surface area contributed by atoms with E-state index in [4.69, 9.17) is 10.2 Å². The summed E-state index contributed by atoms with van der Waals surface area (Å²) in [5.74, 6) is -2.51. The van der Waals surface area contributed by atoms with Gasteiger partial charge in [0, 0.05) is 55.4 Å². The van der Waals surface area contributed by atoms with Gasteiger partial charge >= 0.3 is 11.9 Å². The molecule has 0 saturated carbocycles. The molecule has 2 aromatic heterocycles. The summed E-state index contributed by atoms with van der Waals surface area (Å²) in [6, 6.07) is 5.00. The molecule has 2 aromatic rings. The fourth-order valence-electron chi connectivity index (χ4n) is 3.21. The van der Waals surface area contributed by atoms with Crippen molar-refractivity contribution in [3.05, 3.63) is 35.9 Å². The molecule has 0 aliphatic carbocycles. The number of hydrogen-bond donors (Lipinski definition) is 2. The molecule has 3 aliphatic rings. The van der Waals surface area contributed by atoms with Crippen LogP contribution in [-0.2, 0) is 9.59 Å². The Bertz CT molecular complexity index is 779. The molecule has 0 amide bonds. The lowest BCUT2D eigenvalue weighted by atomic mass is 10.1. The molecule has 5 rings (SSSR count). The predicted molar refractivity (Wildman–Crippen MR) is 107 cm³/mol.